The van der Waals surface area contributed by atoms with Crippen molar-refractivity contribution in [3.8, 4) is 12.3 Å². The largest absolute Gasteiger partial charge is 0.120 e. The Morgan fingerprint density at radius 2 is 2.00 bits per heavy atom. The van der Waals surface area contributed by atoms with Crippen LogP contribution in [0.2, 0.25) is 0 Å². The summed E-state index contributed by atoms with van der Waals surface area (Å²) in [5.74, 6) is 3.21. The van der Waals surface area contributed by atoms with Gasteiger partial charge >= 0.3 is 0 Å². The molecule has 0 aliphatic carbocycles. The molecule has 0 radical (unpaired) electrons. The first-order valence-corrected chi connectivity index (χ1v) is 6.02. The van der Waals surface area contributed by atoms with E-state index in [2.05, 4.69) is 49.3 Å². The number of benzene rings is 1. The topological polar surface area (TPSA) is 0 Å². The van der Waals surface area contributed by atoms with Crippen LogP contribution in [0.15, 0.2) is 42.5 Å². The maximum Gasteiger partial charge on any atom is 0.0275 e. The average molecular weight is 212 g/mol. The fourth-order valence-corrected chi connectivity index (χ4v) is 1.65. The van der Waals surface area contributed by atoms with E-state index in [1.807, 2.05) is 6.07 Å². The lowest BCUT2D eigenvalue weighted by atomic mass is 9.97. The molecule has 0 spiro atoms. The van der Waals surface area contributed by atoms with Crippen molar-refractivity contribution in [2.24, 2.45) is 5.92 Å². The van der Waals surface area contributed by atoms with E-state index in [0.29, 0.717) is 5.92 Å². The van der Waals surface area contributed by atoms with Crippen LogP contribution in [-0.2, 0) is 6.42 Å². The minimum Gasteiger partial charge on any atom is -0.120 e. The highest BCUT2D eigenvalue weighted by atomic mass is 14.1. The van der Waals surface area contributed by atoms with Gasteiger partial charge in [0.1, 0.15) is 0 Å². The van der Waals surface area contributed by atoms with Crippen LogP contribution in [0.4, 0.5) is 0 Å². The van der Waals surface area contributed by atoms with Gasteiger partial charge in [-0.05, 0) is 24.8 Å². The van der Waals surface area contributed by atoms with Gasteiger partial charge in [0.25, 0.3) is 0 Å². The molecule has 1 rings (SSSR count). The monoisotopic (exact) mass is 212 g/mol. The van der Waals surface area contributed by atoms with E-state index >= 15 is 0 Å². The molecule has 0 aromatic heterocycles. The van der Waals surface area contributed by atoms with Crippen LogP contribution in [0.1, 0.15) is 31.7 Å². The van der Waals surface area contributed by atoms with E-state index in [4.69, 9.17) is 6.42 Å². The maximum atomic E-state index is 5.55. The summed E-state index contributed by atoms with van der Waals surface area (Å²) >= 11 is 0. The second-order valence-electron chi connectivity index (χ2n) is 4.05. The van der Waals surface area contributed by atoms with Gasteiger partial charge in [-0.2, -0.15) is 0 Å². The van der Waals surface area contributed by atoms with Crippen LogP contribution in [0.3, 0.4) is 0 Å². The fourth-order valence-electron chi connectivity index (χ4n) is 1.65. The summed E-state index contributed by atoms with van der Waals surface area (Å²) in [5, 5.41) is 0. The lowest BCUT2D eigenvalue weighted by molar-refractivity contribution is 0.682. The van der Waals surface area contributed by atoms with E-state index in [0.717, 1.165) is 19.3 Å². The molecule has 1 aromatic rings. The van der Waals surface area contributed by atoms with E-state index < -0.39 is 0 Å². The van der Waals surface area contributed by atoms with E-state index in [1.54, 1.807) is 0 Å². The van der Waals surface area contributed by atoms with Gasteiger partial charge in [0.05, 0.1) is 0 Å². The summed E-state index contributed by atoms with van der Waals surface area (Å²) in [5.41, 5.74) is 1.33. The fraction of sp³-hybridized carbons (Fsp3) is 0.375. The molecular weight excluding hydrogens is 192 g/mol. The smallest absolute Gasteiger partial charge is 0.0275 e. The highest BCUT2D eigenvalue weighted by Gasteiger charge is 2.03. The molecular formula is C16H20. The molecule has 0 saturated carbocycles. The number of unbranched alkanes of at least 4 members (excludes halogenated alkanes) is 1. The molecule has 0 fully saturated rings. The molecule has 0 saturated heterocycles. The molecule has 0 N–H and O–H groups in total. The van der Waals surface area contributed by atoms with E-state index in [-0.39, 0.29) is 0 Å². The van der Waals surface area contributed by atoms with Crippen molar-refractivity contribution >= 4 is 0 Å². The van der Waals surface area contributed by atoms with Crippen LogP contribution in [0.25, 0.3) is 0 Å². The second kappa shape index (κ2) is 7.77. The van der Waals surface area contributed by atoms with Crippen molar-refractivity contribution in [2.45, 2.75) is 32.6 Å². The number of hydrogen-bond donors (Lipinski definition) is 0. The molecule has 84 valence electrons. The SMILES string of the molecule is C#CC(C/C=C\CCC)Cc1ccccc1. The van der Waals surface area contributed by atoms with Gasteiger partial charge in [-0.1, -0.05) is 55.8 Å². The van der Waals surface area contributed by atoms with E-state index in [9.17, 15) is 0 Å². The van der Waals surface area contributed by atoms with Crippen molar-refractivity contribution < 1.29 is 0 Å². The third-order valence-corrected chi connectivity index (χ3v) is 2.60. The van der Waals surface area contributed by atoms with Crippen molar-refractivity contribution in [1.29, 1.82) is 0 Å². The van der Waals surface area contributed by atoms with Gasteiger partial charge in [-0.15, -0.1) is 12.3 Å². The van der Waals surface area contributed by atoms with Crippen LogP contribution in [0.5, 0.6) is 0 Å². The minimum atomic E-state index is 0.329. The predicted molar refractivity (Wildman–Crippen MR) is 71.1 cm³/mol. The molecule has 16 heavy (non-hydrogen) atoms. The molecule has 0 bridgehead atoms. The maximum absolute atomic E-state index is 5.55. The Balaban J connectivity index is 2.41. The first kappa shape index (κ1) is 12.6. The molecule has 0 heteroatoms. The molecule has 1 atom stereocenters. The Morgan fingerprint density at radius 1 is 1.25 bits per heavy atom. The summed E-state index contributed by atoms with van der Waals surface area (Å²) in [6.45, 7) is 2.19. The number of allylic oxidation sites excluding steroid dienone is 2. The Morgan fingerprint density at radius 3 is 2.62 bits per heavy atom. The van der Waals surface area contributed by atoms with Crippen LogP contribution in [0, 0.1) is 18.3 Å². The number of hydrogen-bond acceptors (Lipinski definition) is 0. The third kappa shape index (κ3) is 4.84. The van der Waals surface area contributed by atoms with Crippen molar-refractivity contribution in [2.75, 3.05) is 0 Å². The lowest BCUT2D eigenvalue weighted by Gasteiger charge is -2.07. The number of terminal acetylenes is 1. The number of rotatable bonds is 6. The van der Waals surface area contributed by atoms with Gasteiger partial charge in [-0.25, -0.2) is 0 Å². The zero-order chi connectivity index (χ0) is 11.6. The van der Waals surface area contributed by atoms with Crippen LogP contribution in [-0.4, -0.2) is 0 Å². The van der Waals surface area contributed by atoms with Gasteiger partial charge in [0.15, 0.2) is 0 Å². The molecule has 0 nitrogen and oxygen atoms in total. The van der Waals surface area contributed by atoms with Crippen molar-refractivity contribution in [1.82, 2.24) is 0 Å². The normalized spacial score (nSPS) is 12.5. The Kier molecular flexibility index (Phi) is 6.11. The second-order valence-corrected chi connectivity index (χ2v) is 4.05. The summed E-state index contributed by atoms with van der Waals surface area (Å²) < 4.78 is 0. The van der Waals surface area contributed by atoms with Gasteiger partial charge in [0.2, 0.25) is 0 Å². The molecule has 1 aromatic carbocycles. The predicted octanol–water partition coefficient (Wildman–Crippen LogP) is 4.22. The molecule has 0 aliphatic rings. The minimum absolute atomic E-state index is 0.329. The first-order chi connectivity index (χ1) is 7.86. The first-order valence-electron chi connectivity index (χ1n) is 6.02. The van der Waals surface area contributed by atoms with Crippen LogP contribution < -0.4 is 0 Å². The third-order valence-electron chi connectivity index (χ3n) is 2.60. The zero-order valence-electron chi connectivity index (χ0n) is 10.0. The summed E-state index contributed by atoms with van der Waals surface area (Å²) in [6, 6.07) is 10.4. The summed E-state index contributed by atoms with van der Waals surface area (Å²) in [4.78, 5) is 0. The quantitative estimate of drug-likeness (QED) is 0.489. The average Bonchev–Trinajstić information content (AvgIpc) is 2.34. The molecule has 1 unspecified atom stereocenters. The summed E-state index contributed by atoms with van der Waals surface area (Å²) in [6.07, 6.45) is 14.3. The molecule has 0 amide bonds. The highest BCUT2D eigenvalue weighted by Crippen LogP contribution is 2.12. The lowest BCUT2D eigenvalue weighted by Crippen LogP contribution is -2.00. The Bertz CT molecular complexity index is 340. The van der Waals surface area contributed by atoms with Gasteiger partial charge in [-0.3, -0.25) is 0 Å². The zero-order valence-corrected chi connectivity index (χ0v) is 10.0. The molecule has 0 heterocycles. The van der Waals surface area contributed by atoms with Crippen molar-refractivity contribution in [3.63, 3.8) is 0 Å². The standard InChI is InChI=1S/C16H20/c1-3-5-6-8-11-15(4-2)14-16-12-9-7-10-13-16/h2,6-10,12-13,15H,3,5,11,14H2,1H3/b8-6-. The summed E-state index contributed by atoms with van der Waals surface area (Å²) in [7, 11) is 0. The van der Waals surface area contributed by atoms with Crippen LogP contribution >= 0.6 is 0 Å². The molecule has 0 aliphatic heterocycles. The van der Waals surface area contributed by atoms with Gasteiger partial charge in [0, 0.05) is 5.92 Å². The Hall–Kier alpha value is -1.48. The van der Waals surface area contributed by atoms with Gasteiger partial charge < -0.3 is 0 Å². The highest BCUT2D eigenvalue weighted by molar-refractivity contribution is 5.17. The Labute approximate surface area is 99.4 Å². The van der Waals surface area contributed by atoms with E-state index in [1.165, 1.54) is 12.0 Å². The van der Waals surface area contributed by atoms with Crippen molar-refractivity contribution in [3.05, 3.63) is 48.0 Å².